The zero-order chi connectivity index (χ0) is 10.8. The molecule has 0 amide bonds. The monoisotopic (exact) mass is 228 g/mol. The second-order valence-corrected chi connectivity index (χ2v) is 3.91. The molecule has 4 heteroatoms. The lowest BCUT2D eigenvalue weighted by atomic mass is 10.1. The van der Waals surface area contributed by atoms with Crippen molar-refractivity contribution in [3.05, 3.63) is 34.9 Å². The van der Waals surface area contributed by atoms with Crippen LogP contribution in [0.1, 0.15) is 18.6 Å². The molecule has 15 heavy (non-hydrogen) atoms. The second-order valence-electron chi connectivity index (χ2n) is 3.50. The second kappa shape index (κ2) is 4.49. The average Bonchev–Trinajstić information content (AvgIpc) is 2.60. The molecule has 0 aromatic heterocycles. The molecule has 1 aliphatic rings. The number of aliphatic hydroxyl groups is 1. The molecular weight excluding hydrogens is 216 g/mol. The van der Waals surface area contributed by atoms with Crippen LogP contribution >= 0.6 is 11.6 Å². The van der Waals surface area contributed by atoms with Crippen molar-refractivity contribution in [2.24, 2.45) is 0 Å². The zero-order valence-electron chi connectivity index (χ0n) is 8.39. The summed E-state index contributed by atoms with van der Waals surface area (Å²) in [5, 5.41) is 9.80. The Morgan fingerprint density at radius 1 is 1.33 bits per heavy atom. The van der Waals surface area contributed by atoms with Gasteiger partial charge in [0, 0.05) is 10.6 Å². The average molecular weight is 229 g/mol. The molecule has 0 saturated carbocycles. The lowest BCUT2D eigenvalue weighted by molar-refractivity contribution is -0.0563. The first-order chi connectivity index (χ1) is 7.22. The maximum absolute atomic E-state index is 9.16. The quantitative estimate of drug-likeness (QED) is 0.843. The lowest BCUT2D eigenvalue weighted by Gasteiger charge is -2.15. The van der Waals surface area contributed by atoms with Gasteiger partial charge >= 0.3 is 0 Å². The maximum Gasteiger partial charge on any atom is 0.156 e. The van der Waals surface area contributed by atoms with Crippen LogP contribution in [0.25, 0.3) is 0 Å². The molecular formula is C11H13ClO3. The Morgan fingerprint density at radius 3 is 2.73 bits per heavy atom. The summed E-state index contributed by atoms with van der Waals surface area (Å²) in [6.07, 6.45) is -0.915. The zero-order valence-corrected chi connectivity index (χ0v) is 9.15. The smallest absolute Gasteiger partial charge is 0.156 e. The summed E-state index contributed by atoms with van der Waals surface area (Å²) >= 11 is 6.06. The molecule has 3 atom stereocenters. The highest BCUT2D eigenvalue weighted by molar-refractivity contribution is 6.31. The predicted octanol–water partition coefficient (Wildman–Crippen LogP) is 2.13. The number of benzene rings is 1. The highest BCUT2D eigenvalue weighted by Crippen LogP contribution is 2.35. The third-order valence-corrected chi connectivity index (χ3v) is 2.78. The molecule has 0 spiro atoms. The van der Waals surface area contributed by atoms with Crippen LogP contribution in [-0.2, 0) is 9.47 Å². The van der Waals surface area contributed by atoms with Crippen molar-refractivity contribution in [1.82, 2.24) is 0 Å². The standard InChI is InChI=1S/C11H13ClO3/c1-7-14-10(6-13)11(15-7)8-4-2-3-5-9(8)12/h2-5,7,10-11,13H,6H2,1H3. The molecule has 0 aliphatic carbocycles. The lowest BCUT2D eigenvalue weighted by Crippen LogP contribution is -2.19. The van der Waals surface area contributed by atoms with Gasteiger partial charge in [-0.15, -0.1) is 0 Å². The number of halogens is 1. The van der Waals surface area contributed by atoms with Gasteiger partial charge in [-0.1, -0.05) is 29.8 Å². The van der Waals surface area contributed by atoms with E-state index in [1.807, 2.05) is 18.2 Å². The van der Waals surface area contributed by atoms with E-state index in [2.05, 4.69) is 0 Å². The van der Waals surface area contributed by atoms with E-state index in [9.17, 15) is 0 Å². The van der Waals surface area contributed by atoms with Gasteiger partial charge in [0.15, 0.2) is 6.29 Å². The molecule has 0 radical (unpaired) electrons. The van der Waals surface area contributed by atoms with Crippen molar-refractivity contribution < 1.29 is 14.6 Å². The minimum atomic E-state index is -0.333. The highest BCUT2D eigenvalue weighted by atomic mass is 35.5. The van der Waals surface area contributed by atoms with Crippen LogP contribution in [0.5, 0.6) is 0 Å². The van der Waals surface area contributed by atoms with Crippen LogP contribution in [0.3, 0.4) is 0 Å². The van der Waals surface area contributed by atoms with Gasteiger partial charge in [-0.2, -0.15) is 0 Å². The Labute approximate surface area is 93.6 Å². The first-order valence-corrected chi connectivity index (χ1v) is 5.26. The summed E-state index contributed by atoms with van der Waals surface area (Å²) in [4.78, 5) is 0. The van der Waals surface area contributed by atoms with Gasteiger partial charge in [0.25, 0.3) is 0 Å². The van der Waals surface area contributed by atoms with E-state index >= 15 is 0 Å². The summed E-state index contributed by atoms with van der Waals surface area (Å²) < 4.78 is 11.0. The normalized spacial score (nSPS) is 30.7. The predicted molar refractivity (Wildman–Crippen MR) is 56.7 cm³/mol. The first kappa shape index (κ1) is 10.9. The number of hydrogen-bond acceptors (Lipinski definition) is 3. The molecule has 3 unspecified atom stereocenters. The molecule has 1 N–H and O–H groups in total. The summed E-state index contributed by atoms with van der Waals surface area (Å²) in [5.74, 6) is 0. The fraction of sp³-hybridized carbons (Fsp3) is 0.455. The Hall–Kier alpha value is -0.610. The van der Waals surface area contributed by atoms with Crippen LogP contribution in [0.2, 0.25) is 5.02 Å². The SMILES string of the molecule is CC1OC(CO)C(c2ccccc2Cl)O1. The summed E-state index contributed by atoms with van der Waals surface area (Å²) in [6, 6.07) is 7.44. The third kappa shape index (κ3) is 2.16. The minimum absolute atomic E-state index is 0.0692. The van der Waals surface area contributed by atoms with E-state index in [1.165, 1.54) is 0 Å². The summed E-state index contributed by atoms with van der Waals surface area (Å²) in [7, 11) is 0. The first-order valence-electron chi connectivity index (χ1n) is 4.88. The molecule has 2 rings (SSSR count). The molecule has 1 heterocycles. The largest absolute Gasteiger partial charge is 0.394 e. The van der Waals surface area contributed by atoms with E-state index in [4.69, 9.17) is 26.2 Å². The Morgan fingerprint density at radius 2 is 2.07 bits per heavy atom. The molecule has 1 aromatic carbocycles. The van der Waals surface area contributed by atoms with Crippen molar-refractivity contribution >= 4 is 11.6 Å². The Kier molecular flexibility index (Phi) is 3.26. The fourth-order valence-electron chi connectivity index (χ4n) is 1.76. The molecule has 3 nitrogen and oxygen atoms in total. The van der Waals surface area contributed by atoms with Crippen molar-refractivity contribution in [2.45, 2.75) is 25.4 Å². The van der Waals surface area contributed by atoms with Crippen LogP contribution in [-0.4, -0.2) is 24.1 Å². The Bertz CT molecular complexity index is 342. The maximum atomic E-state index is 9.16. The van der Waals surface area contributed by atoms with Gasteiger partial charge in [0.05, 0.1) is 6.61 Å². The van der Waals surface area contributed by atoms with Gasteiger partial charge < -0.3 is 14.6 Å². The van der Waals surface area contributed by atoms with E-state index in [-0.39, 0.29) is 25.1 Å². The van der Waals surface area contributed by atoms with Gasteiger partial charge in [-0.25, -0.2) is 0 Å². The molecule has 1 saturated heterocycles. The highest BCUT2D eigenvalue weighted by Gasteiger charge is 2.35. The van der Waals surface area contributed by atoms with Crippen molar-refractivity contribution in [3.8, 4) is 0 Å². The van der Waals surface area contributed by atoms with E-state index in [0.717, 1.165) is 5.56 Å². The topological polar surface area (TPSA) is 38.7 Å². The van der Waals surface area contributed by atoms with Gasteiger partial charge in [-0.3, -0.25) is 0 Å². The molecule has 1 fully saturated rings. The van der Waals surface area contributed by atoms with E-state index in [1.54, 1.807) is 13.0 Å². The number of hydrogen-bond donors (Lipinski definition) is 1. The van der Waals surface area contributed by atoms with Crippen molar-refractivity contribution in [3.63, 3.8) is 0 Å². The Balaban J connectivity index is 2.26. The van der Waals surface area contributed by atoms with Crippen LogP contribution in [0.15, 0.2) is 24.3 Å². The van der Waals surface area contributed by atoms with Crippen molar-refractivity contribution in [2.75, 3.05) is 6.61 Å². The molecule has 82 valence electrons. The van der Waals surface area contributed by atoms with Crippen LogP contribution in [0, 0.1) is 0 Å². The summed E-state index contributed by atoms with van der Waals surface area (Å²) in [6.45, 7) is 1.74. The van der Waals surface area contributed by atoms with Crippen LogP contribution < -0.4 is 0 Å². The van der Waals surface area contributed by atoms with E-state index < -0.39 is 0 Å². The summed E-state index contributed by atoms with van der Waals surface area (Å²) in [5.41, 5.74) is 0.863. The molecule has 0 bridgehead atoms. The molecule has 1 aromatic rings. The number of rotatable bonds is 2. The van der Waals surface area contributed by atoms with Gasteiger partial charge in [0.1, 0.15) is 12.2 Å². The van der Waals surface area contributed by atoms with E-state index in [0.29, 0.717) is 5.02 Å². The number of aliphatic hydroxyl groups excluding tert-OH is 1. The minimum Gasteiger partial charge on any atom is -0.394 e. The third-order valence-electron chi connectivity index (χ3n) is 2.43. The van der Waals surface area contributed by atoms with Gasteiger partial charge in [0.2, 0.25) is 0 Å². The van der Waals surface area contributed by atoms with Crippen LogP contribution in [0.4, 0.5) is 0 Å². The van der Waals surface area contributed by atoms with Gasteiger partial charge in [-0.05, 0) is 13.0 Å². The fourth-order valence-corrected chi connectivity index (χ4v) is 2.01. The molecule has 1 aliphatic heterocycles. The number of ether oxygens (including phenoxy) is 2. The van der Waals surface area contributed by atoms with Crippen molar-refractivity contribution in [1.29, 1.82) is 0 Å².